The van der Waals surface area contributed by atoms with Gasteiger partial charge in [0.15, 0.2) is 15.7 Å². The number of pyridine rings is 2. The van der Waals surface area contributed by atoms with E-state index in [-0.39, 0.29) is 16.8 Å². The van der Waals surface area contributed by atoms with Crippen molar-refractivity contribution in [1.29, 1.82) is 0 Å². The van der Waals surface area contributed by atoms with Crippen LogP contribution in [0.15, 0.2) is 35.6 Å². The number of aromatic nitrogens is 5. The van der Waals surface area contributed by atoms with E-state index in [9.17, 15) is 8.42 Å². The maximum absolute atomic E-state index is 11.8. The van der Waals surface area contributed by atoms with E-state index in [1.807, 2.05) is 6.07 Å². The third kappa shape index (κ3) is 4.39. The van der Waals surface area contributed by atoms with Gasteiger partial charge in [0.2, 0.25) is 5.95 Å². The van der Waals surface area contributed by atoms with Crippen molar-refractivity contribution in [2.45, 2.75) is 31.6 Å². The molecule has 0 aliphatic carbocycles. The van der Waals surface area contributed by atoms with Crippen molar-refractivity contribution in [2.24, 2.45) is 0 Å². The number of nitrogens with one attached hydrogen (secondary N) is 1. The minimum absolute atomic E-state index is 0.109. The molecule has 0 aromatic carbocycles. The highest BCUT2D eigenvalue weighted by molar-refractivity contribution is 7.90. The lowest BCUT2D eigenvalue weighted by molar-refractivity contribution is 0.601. The summed E-state index contributed by atoms with van der Waals surface area (Å²) in [6, 6.07) is 3.43. The van der Waals surface area contributed by atoms with Gasteiger partial charge >= 0.3 is 0 Å². The highest BCUT2D eigenvalue weighted by atomic mass is 32.2. The zero-order chi connectivity index (χ0) is 20.5. The summed E-state index contributed by atoms with van der Waals surface area (Å²) in [7, 11) is -3.38. The summed E-state index contributed by atoms with van der Waals surface area (Å²) in [6.07, 6.45) is 5.70. The monoisotopic (exact) mass is 399 g/mol. The molecule has 0 radical (unpaired) electrons. The van der Waals surface area contributed by atoms with Crippen molar-refractivity contribution in [1.82, 2.24) is 24.9 Å². The second-order valence-corrected chi connectivity index (χ2v) is 8.71. The SMILES string of the molecule is Cc1nc(N)nc(-c2cc(C(C)C)cnc2Nc2cncc(S(C)(=O)=O)c2)n1. The molecule has 0 atom stereocenters. The van der Waals surface area contributed by atoms with Gasteiger partial charge in [-0.25, -0.2) is 18.4 Å². The Hall–Kier alpha value is -3.14. The molecule has 0 fully saturated rings. The van der Waals surface area contributed by atoms with Gasteiger partial charge in [-0.05, 0) is 30.5 Å². The molecule has 9 nitrogen and oxygen atoms in total. The predicted octanol–water partition coefficient (Wildman–Crippen LogP) is 2.49. The summed E-state index contributed by atoms with van der Waals surface area (Å²) in [5, 5.41) is 3.11. The Labute approximate surface area is 163 Å². The Kier molecular flexibility index (Phi) is 5.23. The van der Waals surface area contributed by atoms with Crippen LogP contribution < -0.4 is 11.1 Å². The van der Waals surface area contributed by atoms with Crippen LogP contribution in [0.4, 0.5) is 17.5 Å². The molecule has 0 unspecified atom stereocenters. The predicted molar refractivity (Wildman–Crippen MR) is 107 cm³/mol. The van der Waals surface area contributed by atoms with E-state index in [2.05, 4.69) is 44.1 Å². The Morgan fingerprint density at radius 3 is 2.46 bits per heavy atom. The second-order valence-electron chi connectivity index (χ2n) is 6.69. The Balaban J connectivity index is 2.11. The Morgan fingerprint density at radius 2 is 1.82 bits per heavy atom. The smallest absolute Gasteiger partial charge is 0.223 e. The number of nitrogen functional groups attached to an aromatic ring is 1. The molecule has 0 bridgehead atoms. The minimum Gasteiger partial charge on any atom is -0.368 e. The van der Waals surface area contributed by atoms with Crippen molar-refractivity contribution in [3.63, 3.8) is 0 Å². The van der Waals surface area contributed by atoms with Crippen molar-refractivity contribution >= 4 is 27.3 Å². The van der Waals surface area contributed by atoms with Crippen molar-refractivity contribution in [2.75, 3.05) is 17.3 Å². The topological polar surface area (TPSA) is 137 Å². The molecular weight excluding hydrogens is 378 g/mol. The van der Waals surface area contributed by atoms with Crippen LogP contribution in [0.3, 0.4) is 0 Å². The molecule has 3 heterocycles. The Morgan fingerprint density at radius 1 is 1.07 bits per heavy atom. The minimum atomic E-state index is -3.38. The average Bonchev–Trinajstić information content (AvgIpc) is 2.60. The fourth-order valence-electron chi connectivity index (χ4n) is 2.52. The van der Waals surface area contributed by atoms with E-state index < -0.39 is 9.84 Å². The van der Waals surface area contributed by atoms with E-state index in [0.717, 1.165) is 11.8 Å². The van der Waals surface area contributed by atoms with Gasteiger partial charge in [0.05, 0.1) is 22.3 Å². The summed E-state index contributed by atoms with van der Waals surface area (Å²) in [5.41, 5.74) is 7.90. The number of hydrogen-bond donors (Lipinski definition) is 2. The van der Waals surface area contributed by atoms with Crippen LogP contribution in [0.5, 0.6) is 0 Å². The van der Waals surface area contributed by atoms with Gasteiger partial charge in [0.1, 0.15) is 11.6 Å². The third-order valence-electron chi connectivity index (χ3n) is 3.98. The molecule has 3 aromatic heterocycles. The number of hydrogen-bond acceptors (Lipinski definition) is 9. The summed E-state index contributed by atoms with van der Waals surface area (Å²) in [5.74, 6) is 1.70. The molecule has 0 saturated heterocycles. The van der Waals surface area contributed by atoms with Crippen molar-refractivity contribution < 1.29 is 8.42 Å². The first-order valence-electron chi connectivity index (χ1n) is 8.54. The number of sulfone groups is 1. The van der Waals surface area contributed by atoms with E-state index in [1.54, 1.807) is 13.1 Å². The van der Waals surface area contributed by atoms with Crippen LogP contribution in [-0.2, 0) is 9.84 Å². The normalized spacial score (nSPS) is 11.6. The molecule has 0 amide bonds. The molecule has 0 saturated carbocycles. The van der Waals surface area contributed by atoms with Crippen LogP contribution in [0, 0.1) is 6.92 Å². The van der Waals surface area contributed by atoms with E-state index >= 15 is 0 Å². The zero-order valence-corrected chi connectivity index (χ0v) is 16.8. The zero-order valence-electron chi connectivity index (χ0n) is 16.0. The van der Waals surface area contributed by atoms with E-state index in [1.165, 1.54) is 18.5 Å². The molecule has 0 aliphatic rings. The van der Waals surface area contributed by atoms with Gasteiger partial charge < -0.3 is 11.1 Å². The van der Waals surface area contributed by atoms with Crippen LogP contribution in [-0.4, -0.2) is 39.6 Å². The fourth-order valence-corrected chi connectivity index (χ4v) is 3.11. The van der Waals surface area contributed by atoms with Crippen LogP contribution in [0.25, 0.3) is 11.4 Å². The molecule has 3 aromatic rings. The van der Waals surface area contributed by atoms with Gasteiger partial charge in [0, 0.05) is 18.6 Å². The maximum atomic E-state index is 11.8. The molecule has 0 aliphatic heterocycles. The highest BCUT2D eigenvalue weighted by Crippen LogP contribution is 2.30. The summed E-state index contributed by atoms with van der Waals surface area (Å²) < 4.78 is 23.6. The van der Waals surface area contributed by atoms with Crippen molar-refractivity contribution in [3.8, 4) is 11.4 Å². The third-order valence-corrected chi connectivity index (χ3v) is 5.06. The average molecular weight is 399 g/mol. The number of anilines is 3. The molecule has 10 heteroatoms. The number of nitrogens with zero attached hydrogens (tertiary/aromatic N) is 5. The number of aryl methyl sites for hydroxylation is 1. The van der Waals surface area contributed by atoms with Gasteiger partial charge in [-0.3, -0.25) is 4.98 Å². The quantitative estimate of drug-likeness (QED) is 0.662. The second kappa shape index (κ2) is 7.47. The van der Waals surface area contributed by atoms with E-state index in [0.29, 0.717) is 28.7 Å². The standard InChI is InChI=1S/C18H21N7O2S/c1-10(2)12-5-15(17-22-11(3)23-18(19)25-17)16(21-7-12)24-13-6-14(9-20-8-13)28(4,26)27/h5-10H,1-4H3,(H,21,24)(H2,19,22,23,25). The fraction of sp³-hybridized carbons (Fsp3) is 0.278. The molecule has 3 rings (SSSR count). The number of nitrogens with two attached hydrogens (primary N) is 1. The van der Waals surface area contributed by atoms with E-state index in [4.69, 9.17) is 5.73 Å². The first-order valence-corrected chi connectivity index (χ1v) is 10.4. The maximum Gasteiger partial charge on any atom is 0.223 e. The lowest BCUT2D eigenvalue weighted by atomic mass is 10.0. The molecule has 28 heavy (non-hydrogen) atoms. The van der Waals surface area contributed by atoms with Crippen LogP contribution in [0.2, 0.25) is 0 Å². The summed E-state index contributed by atoms with van der Waals surface area (Å²) in [6.45, 7) is 5.84. The molecule has 3 N–H and O–H groups in total. The summed E-state index contributed by atoms with van der Waals surface area (Å²) in [4.78, 5) is 21.2. The largest absolute Gasteiger partial charge is 0.368 e. The van der Waals surface area contributed by atoms with Gasteiger partial charge in [-0.1, -0.05) is 13.8 Å². The van der Waals surface area contributed by atoms with Crippen LogP contribution >= 0.6 is 0 Å². The highest BCUT2D eigenvalue weighted by Gasteiger charge is 2.15. The van der Waals surface area contributed by atoms with Gasteiger partial charge in [0.25, 0.3) is 0 Å². The number of rotatable bonds is 5. The lowest BCUT2D eigenvalue weighted by Gasteiger charge is -2.14. The van der Waals surface area contributed by atoms with Crippen LogP contribution in [0.1, 0.15) is 31.2 Å². The van der Waals surface area contributed by atoms with Gasteiger partial charge in [-0.2, -0.15) is 9.97 Å². The molecular formula is C18H21N7O2S. The summed E-state index contributed by atoms with van der Waals surface area (Å²) >= 11 is 0. The first-order chi connectivity index (χ1) is 13.1. The molecule has 146 valence electrons. The van der Waals surface area contributed by atoms with Gasteiger partial charge in [-0.15, -0.1) is 0 Å². The molecule has 0 spiro atoms. The first kappa shape index (κ1) is 19.6. The Bertz CT molecular complexity index is 1110. The lowest BCUT2D eigenvalue weighted by Crippen LogP contribution is -2.06. The van der Waals surface area contributed by atoms with Crippen molar-refractivity contribution in [3.05, 3.63) is 42.1 Å².